The Morgan fingerprint density at radius 3 is 2.69 bits per heavy atom. The van der Waals surface area contributed by atoms with Gasteiger partial charge >= 0.3 is 0 Å². The lowest BCUT2D eigenvalue weighted by Crippen LogP contribution is -2.47. The number of piperidine rings is 1. The summed E-state index contributed by atoms with van der Waals surface area (Å²) in [5.41, 5.74) is 2.09. The zero-order valence-corrected chi connectivity index (χ0v) is 20.3. The number of carbonyl (C=O) groups is 1. The second-order valence-electron chi connectivity index (χ2n) is 9.54. The van der Waals surface area contributed by atoms with Crippen molar-refractivity contribution in [1.29, 1.82) is 0 Å². The maximum Gasteiger partial charge on any atom is 0.254 e. The van der Waals surface area contributed by atoms with Gasteiger partial charge in [-0.05, 0) is 56.5 Å². The Hall–Kier alpha value is -3.40. The minimum Gasteiger partial charge on any atom is -0.378 e. The number of nitrogens with zero attached hydrogens (tertiary/aromatic N) is 4. The molecule has 0 bridgehead atoms. The summed E-state index contributed by atoms with van der Waals surface area (Å²) >= 11 is 0. The van der Waals surface area contributed by atoms with Crippen LogP contribution in [0.25, 0.3) is 16.9 Å². The SMILES string of the molecule is CCN1CC[C@H](Nc2cnc(F)c(-c3cn(-c4cc(C(=O)NC5CC5)c(F)cc4C)cn3)c2)[C@H](F)C1. The number of amides is 1. The van der Waals surface area contributed by atoms with Crippen molar-refractivity contribution < 1.29 is 18.0 Å². The summed E-state index contributed by atoms with van der Waals surface area (Å²) in [6.07, 6.45) is 5.82. The zero-order chi connectivity index (χ0) is 25.4. The number of hydrogen-bond donors (Lipinski definition) is 2. The number of aryl methyl sites for hydroxylation is 1. The Kier molecular flexibility index (Phi) is 6.70. The van der Waals surface area contributed by atoms with E-state index in [1.54, 1.807) is 23.8 Å². The molecule has 2 fully saturated rings. The van der Waals surface area contributed by atoms with Crippen LogP contribution >= 0.6 is 0 Å². The minimum atomic E-state index is -1.04. The second-order valence-corrected chi connectivity index (χ2v) is 9.54. The van der Waals surface area contributed by atoms with Gasteiger partial charge in [-0.2, -0.15) is 4.39 Å². The van der Waals surface area contributed by atoms with Crippen LogP contribution in [-0.2, 0) is 0 Å². The number of imidazole rings is 1. The third-order valence-electron chi connectivity index (χ3n) is 6.84. The van der Waals surface area contributed by atoms with E-state index in [1.807, 2.05) is 6.92 Å². The summed E-state index contributed by atoms with van der Waals surface area (Å²) in [5.74, 6) is -1.76. The standard InChI is InChI=1S/C26H29F3N6O/c1-3-34-7-6-22(21(28)12-34)32-17-9-19(25(29)30-11-17)23-13-35(14-31-23)24-10-18(20(27)8-15(24)2)26(36)33-16-4-5-16/h8-11,13-14,16,21-22,32H,3-7,12H2,1-2H3,(H,33,36)/t21-,22+/m1/s1. The largest absolute Gasteiger partial charge is 0.378 e. The van der Waals surface area contributed by atoms with Gasteiger partial charge in [-0.25, -0.2) is 18.7 Å². The van der Waals surface area contributed by atoms with Gasteiger partial charge in [0.2, 0.25) is 5.95 Å². The molecular weight excluding hydrogens is 469 g/mol. The lowest BCUT2D eigenvalue weighted by molar-refractivity contribution is 0.0947. The van der Waals surface area contributed by atoms with Crippen molar-refractivity contribution in [3.05, 3.63) is 59.8 Å². The van der Waals surface area contributed by atoms with Crippen molar-refractivity contribution in [2.24, 2.45) is 0 Å². The number of halogens is 3. The predicted octanol–water partition coefficient (Wildman–Crippen LogP) is 4.26. The molecule has 0 spiro atoms. The number of alkyl halides is 1. The summed E-state index contributed by atoms with van der Waals surface area (Å²) in [7, 11) is 0. The van der Waals surface area contributed by atoms with Crippen LogP contribution in [0.1, 0.15) is 42.1 Å². The fourth-order valence-corrected chi connectivity index (χ4v) is 4.54. The first-order valence-electron chi connectivity index (χ1n) is 12.3. The van der Waals surface area contributed by atoms with Crippen molar-refractivity contribution in [3.63, 3.8) is 0 Å². The molecule has 36 heavy (non-hydrogen) atoms. The highest BCUT2D eigenvalue weighted by molar-refractivity contribution is 5.95. The molecule has 1 aliphatic carbocycles. The van der Waals surface area contributed by atoms with Crippen LogP contribution in [0.4, 0.5) is 18.9 Å². The molecule has 7 nitrogen and oxygen atoms in total. The Morgan fingerprint density at radius 1 is 1.17 bits per heavy atom. The lowest BCUT2D eigenvalue weighted by Gasteiger charge is -2.34. The van der Waals surface area contributed by atoms with Gasteiger partial charge in [-0.3, -0.25) is 4.79 Å². The van der Waals surface area contributed by atoms with Gasteiger partial charge in [0.25, 0.3) is 5.91 Å². The van der Waals surface area contributed by atoms with Crippen LogP contribution in [0.3, 0.4) is 0 Å². The topological polar surface area (TPSA) is 75.1 Å². The van der Waals surface area contributed by atoms with Crippen molar-refractivity contribution in [3.8, 4) is 16.9 Å². The summed E-state index contributed by atoms with van der Waals surface area (Å²) < 4.78 is 45.4. The molecule has 1 saturated heterocycles. The molecular formula is C26H29F3N6O. The van der Waals surface area contributed by atoms with E-state index in [0.29, 0.717) is 35.6 Å². The lowest BCUT2D eigenvalue weighted by atomic mass is 10.0. The molecule has 2 aliphatic rings. The molecule has 10 heteroatoms. The van der Waals surface area contributed by atoms with Gasteiger partial charge in [0.15, 0.2) is 0 Å². The Morgan fingerprint density at radius 2 is 1.97 bits per heavy atom. The molecule has 1 saturated carbocycles. The van der Waals surface area contributed by atoms with Gasteiger partial charge in [0.05, 0.1) is 46.8 Å². The number of aromatic nitrogens is 3. The van der Waals surface area contributed by atoms with Crippen LogP contribution in [0, 0.1) is 18.7 Å². The van der Waals surface area contributed by atoms with E-state index in [4.69, 9.17) is 0 Å². The number of benzene rings is 1. The van der Waals surface area contributed by atoms with Gasteiger partial charge in [-0.15, -0.1) is 0 Å². The fraction of sp³-hybridized carbons (Fsp3) is 0.423. The number of hydrogen-bond acceptors (Lipinski definition) is 5. The average molecular weight is 499 g/mol. The van der Waals surface area contributed by atoms with Crippen molar-refractivity contribution >= 4 is 11.6 Å². The molecule has 1 amide bonds. The molecule has 190 valence electrons. The summed E-state index contributed by atoms with van der Waals surface area (Å²) in [6.45, 7) is 5.69. The van der Waals surface area contributed by atoms with Crippen LogP contribution in [0.5, 0.6) is 0 Å². The number of pyridine rings is 1. The van der Waals surface area contributed by atoms with Crippen LogP contribution in [0.15, 0.2) is 36.9 Å². The quantitative estimate of drug-likeness (QED) is 0.477. The molecule has 5 rings (SSSR count). The zero-order valence-electron chi connectivity index (χ0n) is 20.3. The number of anilines is 1. The van der Waals surface area contributed by atoms with Gasteiger partial charge in [0, 0.05) is 25.3 Å². The van der Waals surface area contributed by atoms with Crippen LogP contribution < -0.4 is 10.6 Å². The molecule has 2 aromatic heterocycles. The summed E-state index contributed by atoms with van der Waals surface area (Å²) in [5, 5.41) is 5.95. The first-order valence-corrected chi connectivity index (χ1v) is 12.3. The van der Waals surface area contributed by atoms with E-state index in [1.165, 1.54) is 24.7 Å². The third kappa shape index (κ3) is 5.09. The number of carbonyl (C=O) groups excluding carboxylic acids is 1. The van der Waals surface area contributed by atoms with E-state index < -0.39 is 23.8 Å². The third-order valence-corrected chi connectivity index (χ3v) is 6.84. The first kappa shape index (κ1) is 24.3. The predicted molar refractivity (Wildman–Crippen MR) is 131 cm³/mol. The smallest absolute Gasteiger partial charge is 0.254 e. The highest BCUT2D eigenvalue weighted by Gasteiger charge is 2.29. The number of rotatable bonds is 7. The van der Waals surface area contributed by atoms with Gasteiger partial charge in [0.1, 0.15) is 12.0 Å². The van der Waals surface area contributed by atoms with E-state index in [2.05, 4.69) is 25.5 Å². The molecule has 2 N–H and O–H groups in total. The van der Waals surface area contributed by atoms with Crippen molar-refractivity contribution in [2.45, 2.75) is 51.4 Å². The molecule has 1 aliphatic heterocycles. The van der Waals surface area contributed by atoms with Crippen molar-refractivity contribution in [1.82, 2.24) is 24.8 Å². The maximum absolute atomic E-state index is 14.7. The van der Waals surface area contributed by atoms with E-state index in [0.717, 1.165) is 25.9 Å². The summed E-state index contributed by atoms with van der Waals surface area (Å²) in [4.78, 5) is 22.7. The Balaban J connectivity index is 1.38. The first-order chi connectivity index (χ1) is 17.3. The Labute approximate surface area is 207 Å². The van der Waals surface area contributed by atoms with Crippen LogP contribution in [0.2, 0.25) is 0 Å². The van der Waals surface area contributed by atoms with Crippen molar-refractivity contribution in [2.75, 3.05) is 25.0 Å². The molecule has 0 radical (unpaired) electrons. The Bertz CT molecular complexity index is 1270. The van der Waals surface area contributed by atoms with Crippen LogP contribution in [-0.4, -0.2) is 63.2 Å². The highest BCUT2D eigenvalue weighted by atomic mass is 19.1. The molecule has 0 unspecified atom stereocenters. The fourth-order valence-electron chi connectivity index (χ4n) is 4.54. The molecule has 1 aromatic carbocycles. The van der Waals surface area contributed by atoms with E-state index in [9.17, 15) is 18.0 Å². The average Bonchev–Trinajstić information content (AvgIpc) is 3.53. The number of nitrogens with one attached hydrogen (secondary N) is 2. The van der Waals surface area contributed by atoms with E-state index in [-0.39, 0.29) is 23.2 Å². The highest BCUT2D eigenvalue weighted by Crippen LogP contribution is 2.28. The monoisotopic (exact) mass is 498 g/mol. The minimum absolute atomic E-state index is 0.0494. The maximum atomic E-state index is 14.7. The molecule has 3 aromatic rings. The normalized spacial score (nSPS) is 20.4. The summed E-state index contributed by atoms with van der Waals surface area (Å²) in [6, 6.07) is 4.07. The molecule has 2 atom stereocenters. The van der Waals surface area contributed by atoms with Gasteiger partial charge in [-0.1, -0.05) is 6.92 Å². The van der Waals surface area contributed by atoms with Gasteiger partial charge < -0.3 is 20.1 Å². The second kappa shape index (κ2) is 9.93. The van der Waals surface area contributed by atoms with E-state index >= 15 is 0 Å². The molecule has 3 heterocycles. The number of likely N-dealkylation sites (tertiary alicyclic amines) is 1.